The Morgan fingerprint density at radius 1 is 0.288 bits per heavy atom. The minimum absolute atomic E-state index is 0.931. The third kappa shape index (κ3) is 4.31. The minimum Gasteiger partial charge on any atom is -0.254 e. The minimum atomic E-state index is 0.931. The van der Waals surface area contributed by atoms with E-state index in [9.17, 15) is 0 Å². The van der Waals surface area contributed by atoms with E-state index in [-0.39, 0.29) is 0 Å². The van der Waals surface area contributed by atoms with Gasteiger partial charge in [0.05, 0.1) is 16.7 Å². The lowest BCUT2D eigenvalue weighted by Gasteiger charge is -2.16. The van der Waals surface area contributed by atoms with E-state index in [0.717, 1.165) is 33.1 Å². The van der Waals surface area contributed by atoms with E-state index in [1.165, 1.54) is 76.1 Å². The fraction of sp³-hybridized carbons (Fsp3) is 0. The molecule has 0 aliphatic rings. The van der Waals surface area contributed by atoms with Crippen molar-refractivity contribution in [2.75, 3.05) is 0 Å². The summed E-state index contributed by atoms with van der Waals surface area (Å²) in [6.45, 7) is 0. The molecule has 0 fully saturated rings. The van der Waals surface area contributed by atoms with Gasteiger partial charge in [0.2, 0.25) is 0 Å². The molecular weight excluding hydrogens is 629 g/mol. The highest BCUT2D eigenvalue weighted by molar-refractivity contribution is 6.26. The van der Waals surface area contributed by atoms with E-state index in [1.807, 2.05) is 12.3 Å². The van der Waals surface area contributed by atoms with Gasteiger partial charge in [-0.3, -0.25) is 4.98 Å². The molecule has 0 radical (unpaired) electrons. The van der Waals surface area contributed by atoms with Crippen LogP contribution in [0, 0.1) is 0 Å². The second-order valence-electron chi connectivity index (χ2n) is 13.7. The first-order chi connectivity index (χ1) is 25.8. The molecule has 2 aromatic heterocycles. The van der Waals surface area contributed by atoms with E-state index in [4.69, 9.17) is 9.97 Å². The first-order valence-electron chi connectivity index (χ1n) is 17.8. The molecule has 0 aliphatic heterocycles. The number of benzene rings is 9. The van der Waals surface area contributed by atoms with Crippen LogP contribution in [-0.4, -0.2) is 9.97 Å². The van der Waals surface area contributed by atoms with Crippen LogP contribution in [0.1, 0.15) is 0 Å². The van der Waals surface area contributed by atoms with Crippen molar-refractivity contribution in [3.05, 3.63) is 182 Å². The summed E-state index contributed by atoms with van der Waals surface area (Å²) < 4.78 is 0. The third-order valence-electron chi connectivity index (χ3n) is 10.9. The Kier molecular flexibility index (Phi) is 6.28. The van der Waals surface area contributed by atoms with Gasteiger partial charge in [-0.05, 0) is 94.3 Å². The molecule has 11 rings (SSSR count). The van der Waals surface area contributed by atoms with Gasteiger partial charge >= 0.3 is 0 Å². The largest absolute Gasteiger partial charge is 0.254 e. The second-order valence-corrected chi connectivity index (χ2v) is 13.7. The van der Waals surface area contributed by atoms with Gasteiger partial charge < -0.3 is 0 Å². The van der Waals surface area contributed by atoms with Crippen molar-refractivity contribution >= 4 is 75.7 Å². The lowest BCUT2D eigenvalue weighted by molar-refractivity contribution is 1.37. The molecule has 0 N–H and O–H groups in total. The molecule has 2 nitrogen and oxygen atoms in total. The van der Waals surface area contributed by atoms with Crippen LogP contribution < -0.4 is 0 Å². The van der Waals surface area contributed by atoms with E-state index in [1.54, 1.807) is 0 Å². The zero-order valence-electron chi connectivity index (χ0n) is 28.2. The van der Waals surface area contributed by atoms with E-state index < -0.39 is 0 Å². The van der Waals surface area contributed by atoms with Crippen LogP contribution in [0.15, 0.2) is 182 Å². The van der Waals surface area contributed by atoms with Crippen LogP contribution in [0.25, 0.3) is 109 Å². The first-order valence-corrected chi connectivity index (χ1v) is 17.8. The van der Waals surface area contributed by atoms with E-state index in [2.05, 4.69) is 170 Å². The average molecular weight is 659 g/mol. The maximum Gasteiger partial charge on any atom is 0.0972 e. The summed E-state index contributed by atoms with van der Waals surface area (Å²) in [5.74, 6) is 0. The van der Waals surface area contributed by atoms with Gasteiger partial charge in [-0.15, -0.1) is 0 Å². The molecular formula is C50H30N2. The lowest BCUT2D eigenvalue weighted by atomic mass is 9.87. The number of pyridine rings is 2. The van der Waals surface area contributed by atoms with Gasteiger partial charge in [-0.1, -0.05) is 158 Å². The van der Waals surface area contributed by atoms with Gasteiger partial charge in [0.25, 0.3) is 0 Å². The highest BCUT2D eigenvalue weighted by Crippen LogP contribution is 2.43. The molecule has 11 aromatic rings. The van der Waals surface area contributed by atoms with Gasteiger partial charge in [-0.25, -0.2) is 4.98 Å². The maximum atomic E-state index is 5.22. The van der Waals surface area contributed by atoms with Crippen molar-refractivity contribution in [3.63, 3.8) is 0 Å². The Balaban J connectivity index is 1.09. The summed E-state index contributed by atoms with van der Waals surface area (Å²) in [4.78, 5) is 9.91. The first kappa shape index (κ1) is 28.9. The molecule has 0 saturated heterocycles. The van der Waals surface area contributed by atoms with Crippen LogP contribution in [0.5, 0.6) is 0 Å². The molecule has 2 heterocycles. The zero-order valence-corrected chi connectivity index (χ0v) is 28.2. The number of nitrogens with zero attached hydrogens (tertiary/aromatic N) is 2. The number of fused-ring (bicyclic) bond motifs is 11. The topological polar surface area (TPSA) is 25.8 Å². The molecule has 0 bridgehead atoms. The SMILES string of the molecule is c1cnc2c(c1)ccc1ccc(-c3ccc(-c4ccc(-c5ccc6c7ccccc7c7ccccc7c6c5)c5ccccc45)c4ccccc34)nc12. The monoisotopic (exact) mass is 658 g/mol. The highest BCUT2D eigenvalue weighted by atomic mass is 14.8. The van der Waals surface area contributed by atoms with Crippen LogP contribution in [0.4, 0.5) is 0 Å². The normalized spacial score (nSPS) is 11.8. The van der Waals surface area contributed by atoms with Crippen LogP contribution in [0.3, 0.4) is 0 Å². The van der Waals surface area contributed by atoms with Gasteiger partial charge in [0.15, 0.2) is 0 Å². The molecule has 9 aromatic carbocycles. The summed E-state index contributed by atoms with van der Waals surface area (Å²) in [6.07, 6.45) is 1.85. The van der Waals surface area contributed by atoms with Crippen LogP contribution in [-0.2, 0) is 0 Å². The predicted molar refractivity (Wildman–Crippen MR) is 221 cm³/mol. The van der Waals surface area contributed by atoms with Gasteiger partial charge in [0, 0.05) is 22.5 Å². The molecule has 0 aliphatic carbocycles. The molecule has 0 atom stereocenters. The maximum absolute atomic E-state index is 5.22. The van der Waals surface area contributed by atoms with Crippen molar-refractivity contribution in [3.8, 4) is 33.5 Å². The van der Waals surface area contributed by atoms with E-state index >= 15 is 0 Å². The van der Waals surface area contributed by atoms with Crippen molar-refractivity contribution in [1.82, 2.24) is 9.97 Å². The number of hydrogen-bond donors (Lipinski definition) is 0. The average Bonchev–Trinajstić information content (AvgIpc) is 3.22. The standard InChI is InChI=1S/C50H30N2/c1-2-12-36-35(11-1)34(33-21-23-45-39-15-4-3-13-37(39)38-14-6-8-18-42(38)47(45)30-33)24-25-43(36)44-26-27-46(41-17-7-5-16-40(41)44)48-28-22-32-20-19-31-10-9-29-51-49(31)50(32)52-48/h1-30H. The number of hydrogen-bond acceptors (Lipinski definition) is 2. The Morgan fingerprint density at radius 2 is 0.750 bits per heavy atom. The summed E-state index contributed by atoms with van der Waals surface area (Å²) in [7, 11) is 0. The predicted octanol–water partition coefficient (Wildman–Crippen LogP) is 13.5. The highest BCUT2D eigenvalue weighted by Gasteiger charge is 2.16. The Bertz CT molecular complexity index is 3210. The van der Waals surface area contributed by atoms with Crippen molar-refractivity contribution < 1.29 is 0 Å². The fourth-order valence-corrected chi connectivity index (χ4v) is 8.49. The molecule has 0 amide bonds. The Labute approximate surface area is 300 Å². The second kappa shape index (κ2) is 11.3. The van der Waals surface area contributed by atoms with Crippen molar-refractivity contribution in [1.29, 1.82) is 0 Å². The molecule has 0 unspecified atom stereocenters. The summed E-state index contributed by atoms with van der Waals surface area (Å²) in [5.41, 5.74) is 8.83. The summed E-state index contributed by atoms with van der Waals surface area (Å²) in [5, 5.41) is 14.8. The van der Waals surface area contributed by atoms with Crippen molar-refractivity contribution in [2.24, 2.45) is 0 Å². The molecule has 2 heteroatoms. The Hall–Kier alpha value is -6.90. The van der Waals surface area contributed by atoms with Gasteiger partial charge in [-0.2, -0.15) is 0 Å². The fourth-order valence-electron chi connectivity index (χ4n) is 8.49. The quantitative estimate of drug-likeness (QED) is 0.177. The van der Waals surface area contributed by atoms with Crippen LogP contribution >= 0.6 is 0 Å². The number of aromatic nitrogens is 2. The smallest absolute Gasteiger partial charge is 0.0972 e. The van der Waals surface area contributed by atoms with Gasteiger partial charge in [0.1, 0.15) is 0 Å². The molecule has 52 heavy (non-hydrogen) atoms. The summed E-state index contributed by atoms with van der Waals surface area (Å²) in [6, 6.07) is 63.9. The van der Waals surface area contributed by atoms with Crippen LogP contribution in [0.2, 0.25) is 0 Å². The van der Waals surface area contributed by atoms with Crippen molar-refractivity contribution in [2.45, 2.75) is 0 Å². The molecule has 0 saturated carbocycles. The molecule has 240 valence electrons. The van der Waals surface area contributed by atoms with E-state index in [0.29, 0.717) is 0 Å². The lowest BCUT2D eigenvalue weighted by Crippen LogP contribution is -1.92. The summed E-state index contributed by atoms with van der Waals surface area (Å²) >= 11 is 0. The Morgan fingerprint density at radius 3 is 1.38 bits per heavy atom. The zero-order chi connectivity index (χ0) is 34.2. The number of rotatable bonds is 3. The third-order valence-corrected chi connectivity index (χ3v) is 10.9. The molecule has 0 spiro atoms.